The molecule has 0 heterocycles. The fourth-order valence-electron chi connectivity index (χ4n) is 2.30. The van der Waals surface area contributed by atoms with E-state index in [1.54, 1.807) is 24.3 Å². The van der Waals surface area contributed by atoms with Gasteiger partial charge in [0.2, 0.25) is 0 Å². The molecule has 2 rings (SSSR count). The van der Waals surface area contributed by atoms with Crippen LogP contribution in [0, 0.1) is 13.8 Å². The van der Waals surface area contributed by atoms with Gasteiger partial charge in [-0.2, -0.15) is 0 Å². The maximum atomic E-state index is 12.2. The maximum Gasteiger partial charge on any atom is 0.251 e. The summed E-state index contributed by atoms with van der Waals surface area (Å²) in [6.07, 6.45) is 0. The number of carbonyl (C=O) groups is 1. The molecule has 2 nitrogen and oxygen atoms in total. The highest BCUT2D eigenvalue weighted by Gasteiger charge is 2.13. The van der Waals surface area contributed by atoms with E-state index in [4.69, 9.17) is 11.6 Å². The largest absolute Gasteiger partial charge is 0.346 e. The van der Waals surface area contributed by atoms with Crippen molar-refractivity contribution in [2.75, 3.05) is 0 Å². The third-order valence-electron chi connectivity index (χ3n) is 3.33. The zero-order chi connectivity index (χ0) is 14.7. The predicted molar refractivity (Wildman–Crippen MR) is 83.2 cm³/mol. The average Bonchev–Trinajstić information content (AvgIpc) is 2.38. The summed E-state index contributed by atoms with van der Waals surface area (Å²) in [5, 5.41) is 3.57. The highest BCUT2D eigenvalue weighted by Crippen LogP contribution is 2.19. The van der Waals surface area contributed by atoms with E-state index in [2.05, 4.69) is 37.4 Å². The third kappa shape index (κ3) is 3.40. The number of amides is 1. The van der Waals surface area contributed by atoms with Crippen molar-refractivity contribution >= 4 is 17.5 Å². The van der Waals surface area contributed by atoms with Gasteiger partial charge in [0.1, 0.15) is 0 Å². The van der Waals surface area contributed by atoms with Gasteiger partial charge in [-0.05, 0) is 50.1 Å². The normalized spacial score (nSPS) is 12.0. The molecule has 0 saturated heterocycles. The first-order chi connectivity index (χ1) is 9.47. The van der Waals surface area contributed by atoms with Crippen LogP contribution in [0.2, 0.25) is 5.02 Å². The minimum absolute atomic E-state index is 0.0397. The van der Waals surface area contributed by atoms with E-state index in [1.165, 1.54) is 11.1 Å². The van der Waals surface area contributed by atoms with Crippen LogP contribution in [0.4, 0.5) is 0 Å². The van der Waals surface area contributed by atoms with Crippen molar-refractivity contribution in [1.82, 2.24) is 5.32 Å². The van der Waals surface area contributed by atoms with Crippen LogP contribution in [0.3, 0.4) is 0 Å². The van der Waals surface area contributed by atoms with Crippen molar-refractivity contribution in [2.45, 2.75) is 26.8 Å². The lowest BCUT2D eigenvalue weighted by Crippen LogP contribution is -2.27. The Labute approximate surface area is 124 Å². The highest BCUT2D eigenvalue weighted by molar-refractivity contribution is 6.30. The Morgan fingerprint density at radius 2 is 1.90 bits per heavy atom. The summed E-state index contributed by atoms with van der Waals surface area (Å²) in [7, 11) is 0. The number of aryl methyl sites for hydroxylation is 2. The zero-order valence-corrected chi connectivity index (χ0v) is 12.7. The summed E-state index contributed by atoms with van der Waals surface area (Å²) >= 11 is 5.91. The van der Waals surface area contributed by atoms with Crippen LogP contribution in [0.5, 0.6) is 0 Å². The first-order valence-electron chi connectivity index (χ1n) is 6.61. The summed E-state index contributed by atoms with van der Waals surface area (Å²) in [5.41, 5.74) is 4.11. The number of hydrogen-bond donors (Lipinski definition) is 1. The van der Waals surface area contributed by atoms with Crippen LogP contribution in [-0.4, -0.2) is 5.91 Å². The number of hydrogen-bond acceptors (Lipinski definition) is 1. The van der Waals surface area contributed by atoms with Crippen LogP contribution >= 0.6 is 11.6 Å². The topological polar surface area (TPSA) is 29.1 Å². The molecule has 3 heteroatoms. The lowest BCUT2D eigenvalue weighted by molar-refractivity contribution is 0.0940. The molecule has 0 aromatic heterocycles. The molecule has 0 fully saturated rings. The Morgan fingerprint density at radius 3 is 2.55 bits per heavy atom. The molecule has 0 spiro atoms. The van der Waals surface area contributed by atoms with Crippen LogP contribution in [0.25, 0.3) is 0 Å². The van der Waals surface area contributed by atoms with E-state index in [-0.39, 0.29) is 11.9 Å². The van der Waals surface area contributed by atoms with E-state index in [0.717, 1.165) is 5.56 Å². The average molecular weight is 288 g/mol. The molecule has 1 amide bonds. The lowest BCUT2D eigenvalue weighted by Gasteiger charge is -2.17. The van der Waals surface area contributed by atoms with Gasteiger partial charge in [-0.15, -0.1) is 0 Å². The third-order valence-corrected chi connectivity index (χ3v) is 3.56. The Bertz CT molecular complexity index is 637. The van der Waals surface area contributed by atoms with Crippen LogP contribution in [-0.2, 0) is 0 Å². The van der Waals surface area contributed by atoms with E-state index in [9.17, 15) is 4.79 Å². The summed E-state index contributed by atoms with van der Waals surface area (Å²) in [4.78, 5) is 12.2. The van der Waals surface area contributed by atoms with Crippen molar-refractivity contribution < 1.29 is 4.79 Å². The summed E-state index contributed by atoms with van der Waals surface area (Å²) in [6, 6.07) is 13.2. The molecule has 104 valence electrons. The Hall–Kier alpha value is -1.80. The second-order valence-electron chi connectivity index (χ2n) is 5.07. The van der Waals surface area contributed by atoms with E-state index < -0.39 is 0 Å². The van der Waals surface area contributed by atoms with Gasteiger partial charge in [0, 0.05) is 10.6 Å². The number of carbonyl (C=O) groups excluding carboxylic acids is 1. The van der Waals surface area contributed by atoms with Crippen molar-refractivity contribution in [3.8, 4) is 0 Å². The van der Waals surface area contributed by atoms with Gasteiger partial charge in [0.25, 0.3) is 5.91 Å². The molecule has 0 radical (unpaired) electrons. The van der Waals surface area contributed by atoms with Crippen LogP contribution in [0.15, 0.2) is 42.5 Å². The standard InChI is InChI=1S/C17H18ClNO/c1-11-7-8-16(12(2)9-11)13(3)19-17(20)14-5-4-6-15(18)10-14/h4-10,13H,1-3H3,(H,19,20). The fourth-order valence-corrected chi connectivity index (χ4v) is 2.49. The smallest absolute Gasteiger partial charge is 0.251 e. The molecule has 2 aromatic carbocycles. The minimum atomic E-state index is -0.111. The van der Waals surface area contributed by atoms with Gasteiger partial charge in [-0.1, -0.05) is 41.4 Å². The molecule has 1 atom stereocenters. The van der Waals surface area contributed by atoms with Gasteiger partial charge in [0.15, 0.2) is 0 Å². The molecule has 0 aliphatic carbocycles. The highest BCUT2D eigenvalue weighted by atomic mass is 35.5. The molecule has 2 aromatic rings. The summed E-state index contributed by atoms with van der Waals surface area (Å²) in [5.74, 6) is -0.111. The number of halogens is 1. The summed E-state index contributed by atoms with van der Waals surface area (Å²) in [6.45, 7) is 6.11. The fraction of sp³-hybridized carbons (Fsp3) is 0.235. The molecule has 1 unspecified atom stereocenters. The SMILES string of the molecule is Cc1ccc(C(C)NC(=O)c2cccc(Cl)c2)c(C)c1. The van der Waals surface area contributed by atoms with E-state index >= 15 is 0 Å². The molecule has 0 aliphatic heterocycles. The predicted octanol–water partition coefficient (Wildman–Crippen LogP) is 4.45. The number of nitrogens with one attached hydrogen (secondary N) is 1. The van der Waals surface area contributed by atoms with Gasteiger partial charge < -0.3 is 5.32 Å². The summed E-state index contributed by atoms with van der Waals surface area (Å²) < 4.78 is 0. The van der Waals surface area contributed by atoms with Crippen molar-refractivity contribution in [1.29, 1.82) is 0 Å². The van der Waals surface area contributed by atoms with Gasteiger partial charge in [0.05, 0.1) is 6.04 Å². The molecule has 20 heavy (non-hydrogen) atoms. The van der Waals surface area contributed by atoms with Crippen LogP contribution < -0.4 is 5.32 Å². The molecule has 0 bridgehead atoms. The quantitative estimate of drug-likeness (QED) is 0.888. The Morgan fingerprint density at radius 1 is 1.15 bits per heavy atom. The van der Waals surface area contributed by atoms with Crippen LogP contribution in [0.1, 0.15) is 40.0 Å². The molecule has 0 saturated carbocycles. The van der Waals surface area contributed by atoms with Gasteiger partial charge in [-0.3, -0.25) is 4.79 Å². The van der Waals surface area contributed by atoms with E-state index in [0.29, 0.717) is 10.6 Å². The number of benzene rings is 2. The van der Waals surface area contributed by atoms with Crippen molar-refractivity contribution in [3.63, 3.8) is 0 Å². The van der Waals surface area contributed by atoms with Crippen molar-refractivity contribution in [2.24, 2.45) is 0 Å². The van der Waals surface area contributed by atoms with Crippen molar-refractivity contribution in [3.05, 3.63) is 69.7 Å². The zero-order valence-electron chi connectivity index (χ0n) is 11.9. The Kier molecular flexibility index (Phi) is 4.46. The number of rotatable bonds is 3. The monoisotopic (exact) mass is 287 g/mol. The molecular weight excluding hydrogens is 270 g/mol. The second-order valence-corrected chi connectivity index (χ2v) is 5.50. The molecular formula is C17H18ClNO. The lowest BCUT2D eigenvalue weighted by atomic mass is 10.00. The second kappa shape index (κ2) is 6.10. The first-order valence-corrected chi connectivity index (χ1v) is 6.99. The molecule has 0 aliphatic rings. The van der Waals surface area contributed by atoms with Gasteiger partial charge in [-0.25, -0.2) is 0 Å². The maximum absolute atomic E-state index is 12.2. The first kappa shape index (κ1) is 14.6. The minimum Gasteiger partial charge on any atom is -0.346 e. The van der Waals surface area contributed by atoms with Gasteiger partial charge >= 0.3 is 0 Å². The molecule has 1 N–H and O–H groups in total. The Balaban J connectivity index is 2.15. The van der Waals surface area contributed by atoms with E-state index in [1.807, 2.05) is 6.92 Å².